The van der Waals surface area contributed by atoms with Crippen molar-refractivity contribution in [3.05, 3.63) is 46.6 Å². The molecule has 0 spiro atoms. The number of guanidine groups is 1. The van der Waals surface area contributed by atoms with E-state index >= 15 is 0 Å². The summed E-state index contributed by atoms with van der Waals surface area (Å²) in [7, 11) is 1.72. The first-order valence-corrected chi connectivity index (χ1v) is 9.79. The van der Waals surface area contributed by atoms with Crippen molar-refractivity contribution in [2.75, 3.05) is 20.2 Å². The predicted molar refractivity (Wildman–Crippen MR) is 107 cm³/mol. The van der Waals surface area contributed by atoms with Crippen LogP contribution < -0.4 is 15.4 Å². The van der Waals surface area contributed by atoms with Gasteiger partial charge in [0.1, 0.15) is 5.76 Å². The number of rotatable bonds is 8. The number of aryl methyl sites for hydroxylation is 2. The summed E-state index contributed by atoms with van der Waals surface area (Å²) in [4.78, 5) is 4.25. The van der Waals surface area contributed by atoms with Crippen molar-refractivity contribution in [1.82, 2.24) is 15.8 Å². The number of benzene rings is 1. The van der Waals surface area contributed by atoms with Gasteiger partial charge < -0.3 is 19.9 Å². The maximum atomic E-state index is 14.3. The fourth-order valence-corrected chi connectivity index (χ4v) is 3.04. The quantitative estimate of drug-likeness (QED) is 0.533. The highest BCUT2D eigenvalue weighted by Crippen LogP contribution is 2.30. The highest BCUT2D eigenvalue weighted by molar-refractivity contribution is 5.80. The van der Waals surface area contributed by atoms with E-state index in [0.717, 1.165) is 29.0 Å². The highest BCUT2D eigenvalue weighted by Gasteiger charge is 2.22. The molecule has 3 rings (SSSR count). The molecule has 28 heavy (non-hydrogen) atoms. The van der Waals surface area contributed by atoms with E-state index < -0.39 is 0 Å². The van der Waals surface area contributed by atoms with Gasteiger partial charge in [-0.05, 0) is 63.6 Å². The van der Waals surface area contributed by atoms with Gasteiger partial charge in [-0.15, -0.1) is 0 Å². The Morgan fingerprint density at radius 2 is 2.18 bits per heavy atom. The smallest absolute Gasteiger partial charge is 0.191 e. The molecular weight excluding hydrogens is 359 g/mol. The number of aliphatic imine (C=N–C) groups is 1. The Bertz CT molecular complexity index is 810. The number of nitrogens with zero attached hydrogens (tertiary/aromatic N) is 2. The van der Waals surface area contributed by atoms with E-state index in [1.54, 1.807) is 13.1 Å². The minimum atomic E-state index is -0.326. The lowest BCUT2D eigenvalue weighted by Crippen LogP contribution is -2.39. The topological polar surface area (TPSA) is 71.7 Å². The molecule has 152 valence electrons. The summed E-state index contributed by atoms with van der Waals surface area (Å²) in [6, 6.07) is 5.02. The van der Waals surface area contributed by atoms with Crippen molar-refractivity contribution >= 4 is 5.96 Å². The van der Waals surface area contributed by atoms with Crippen molar-refractivity contribution in [2.45, 2.75) is 46.1 Å². The van der Waals surface area contributed by atoms with E-state index in [0.29, 0.717) is 30.8 Å². The molecule has 6 nitrogen and oxygen atoms in total. The van der Waals surface area contributed by atoms with E-state index in [4.69, 9.17) is 9.26 Å². The van der Waals surface area contributed by atoms with Crippen molar-refractivity contribution in [3.63, 3.8) is 0 Å². The molecule has 1 aromatic carbocycles. The van der Waals surface area contributed by atoms with Gasteiger partial charge in [-0.3, -0.25) is 4.99 Å². The first-order chi connectivity index (χ1) is 13.5. The van der Waals surface area contributed by atoms with Gasteiger partial charge in [0.2, 0.25) is 0 Å². The average molecular weight is 388 g/mol. The molecule has 2 aromatic rings. The van der Waals surface area contributed by atoms with Gasteiger partial charge >= 0.3 is 0 Å². The number of nitrogens with one attached hydrogen (secondary N) is 2. The molecule has 1 aliphatic carbocycles. The van der Waals surface area contributed by atoms with Crippen molar-refractivity contribution in [3.8, 4) is 5.75 Å². The molecule has 1 aromatic heterocycles. The van der Waals surface area contributed by atoms with Crippen LogP contribution >= 0.6 is 0 Å². The molecule has 0 saturated heterocycles. The van der Waals surface area contributed by atoms with Crippen LogP contribution in [0.2, 0.25) is 0 Å². The standard InChI is InChI=1S/C21H29FN4O2/c1-13(17-7-8-20(19(22)11-17)27-12-16-5-6-16)25-21(23-4)24-10-9-18-14(2)26-28-15(18)3/h7-8,11,13,16H,5-6,9-10,12H2,1-4H3,(H2,23,24,25). The molecule has 0 aliphatic heterocycles. The number of hydrogen-bond acceptors (Lipinski definition) is 4. The zero-order chi connectivity index (χ0) is 20.1. The summed E-state index contributed by atoms with van der Waals surface area (Å²) in [5, 5.41) is 10.5. The van der Waals surface area contributed by atoms with Gasteiger partial charge in [-0.25, -0.2) is 4.39 Å². The zero-order valence-electron chi connectivity index (χ0n) is 17.0. The SMILES string of the molecule is CN=C(NCCc1c(C)noc1C)NC(C)c1ccc(OCC2CC2)c(F)c1. The second-order valence-electron chi connectivity index (χ2n) is 7.36. The van der Waals surface area contributed by atoms with Crippen LogP contribution in [0.3, 0.4) is 0 Å². The third kappa shape index (κ3) is 5.24. The average Bonchev–Trinajstić information content (AvgIpc) is 3.46. The fourth-order valence-electron chi connectivity index (χ4n) is 3.04. The van der Waals surface area contributed by atoms with Gasteiger partial charge in [-0.2, -0.15) is 0 Å². The zero-order valence-corrected chi connectivity index (χ0v) is 17.0. The van der Waals surface area contributed by atoms with Crippen molar-refractivity contribution in [2.24, 2.45) is 10.9 Å². The number of ether oxygens (including phenoxy) is 1. The van der Waals surface area contributed by atoms with Gasteiger partial charge in [-0.1, -0.05) is 11.2 Å². The van der Waals surface area contributed by atoms with Gasteiger partial charge in [0.05, 0.1) is 18.3 Å². The third-order valence-electron chi connectivity index (χ3n) is 5.05. The number of hydrogen-bond donors (Lipinski definition) is 2. The lowest BCUT2D eigenvalue weighted by molar-refractivity contribution is 0.285. The Balaban J connectivity index is 1.51. The van der Waals surface area contributed by atoms with Crippen LogP contribution in [0.4, 0.5) is 4.39 Å². The Hall–Kier alpha value is -2.57. The predicted octanol–water partition coefficient (Wildman–Crippen LogP) is 3.69. The monoisotopic (exact) mass is 388 g/mol. The maximum Gasteiger partial charge on any atom is 0.191 e. The van der Waals surface area contributed by atoms with Crippen LogP contribution in [-0.2, 0) is 6.42 Å². The second kappa shape index (κ2) is 9.08. The van der Waals surface area contributed by atoms with Crippen molar-refractivity contribution < 1.29 is 13.7 Å². The summed E-state index contributed by atoms with van der Waals surface area (Å²) < 4.78 is 25.1. The molecule has 1 unspecified atom stereocenters. The summed E-state index contributed by atoms with van der Waals surface area (Å²) in [6.45, 7) is 7.12. The summed E-state index contributed by atoms with van der Waals surface area (Å²) in [5.41, 5.74) is 2.86. The van der Waals surface area contributed by atoms with Crippen LogP contribution in [0.25, 0.3) is 0 Å². The van der Waals surface area contributed by atoms with Crippen LogP contribution in [0.5, 0.6) is 5.75 Å². The highest BCUT2D eigenvalue weighted by atomic mass is 19.1. The van der Waals surface area contributed by atoms with Crippen LogP contribution in [0.15, 0.2) is 27.7 Å². The van der Waals surface area contributed by atoms with E-state index in [-0.39, 0.29) is 11.9 Å². The normalized spacial score (nSPS) is 15.4. The van der Waals surface area contributed by atoms with Crippen LogP contribution in [0.1, 0.15) is 48.4 Å². The van der Waals surface area contributed by atoms with E-state index in [2.05, 4.69) is 20.8 Å². The maximum absolute atomic E-state index is 14.3. The molecule has 0 bridgehead atoms. The Morgan fingerprint density at radius 3 is 2.79 bits per heavy atom. The van der Waals surface area contributed by atoms with E-state index in [1.165, 1.54) is 18.9 Å². The molecule has 1 atom stereocenters. The molecule has 1 aliphatic rings. The third-order valence-corrected chi connectivity index (χ3v) is 5.05. The Kier molecular flexibility index (Phi) is 6.54. The molecule has 7 heteroatoms. The van der Waals surface area contributed by atoms with Crippen LogP contribution in [0, 0.1) is 25.6 Å². The van der Waals surface area contributed by atoms with Gasteiger partial charge in [0, 0.05) is 19.2 Å². The first kappa shape index (κ1) is 20.2. The van der Waals surface area contributed by atoms with Crippen molar-refractivity contribution in [1.29, 1.82) is 0 Å². The van der Waals surface area contributed by atoms with Gasteiger partial charge in [0.25, 0.3) is 0 Å². The molecule has 1 saturated carbocycles. The number of halogens is 1. The Labute approximate surface area is 165 Å². The molecule has 1 heterocycles. The lowest BCUT2D eigenvalue weighted by atomic mass is 10.1. The van der Waals surface area contributed by atoms with Crippen LogP contribution in [-0.4, -0.2) is 31.3 Å². The summed E-state index contributed by atoms with van der Waals surface area (Å²) >= 11 is 0. The lowest BCUT2D eigenvalue weighted by Gasteiger charge is -2.19. The minimum Gasteiger partial charge on any atom is -0.490 e. The molecule has 0 radical (unpaired) electrons. The molecule has 1 fully saturated rings. The fraction of sp³-hybridized carbons (Fsp3) is 0.524. The number of aromatic nitrogens is 1. The molecule has 2 N–H and O–H groups in total. The largest absolute Gasteiger partial charge is 0.490 e. The summed E-state index contributed by atoms with van der Waals surface area (Å²) in [6.07, 6.45) is 3.16. The molecule has 0 amide bonds. The molecular formula is C21H29FN4O2. The summed E-state index contributed by atoms with van der Waals surface area (Å²) in [5.74, 6) is 2.10. The van der Waals surface area contributed by atoms with E-state index in [9.17, 15) is 4.39 Å². The second-order valence-corrected chi connectivity index (χ2v) is 7.36. The van der Waals surface area contributed by atoms with Gasteiger partial charge in [0.15, 0.2) is 17.5 Å². The first-order valence-electron chi connectivity index (χ1n) is 9.79. The Morgan fingerprint density at radius 1 is 1.39 bits per heavy atom. The van der Waals surface area contributed by atoms with E-state index in [1.807, 2.05) is 26.8 Å². The minimum absolute atomic E-state index is 0.0998.